The Hall–Kier alpha value is -1.89. The monoisotopic (exact) mass is 445 g/mol. The van der Waals surface area contributed by atoms with E-state index in [9.17, 15) is 8.42 Å². The number of rotatable bonds is 4. The van der Waals surface area contributed by atoms with Gasteiger partial charge in [-0.2, -0.15) is 12.8 Å². The molecule has 0 amide bonds. The van der Waals surface area contributed by atoms with Crippen molar-refractivity contribution in [2.24, 2.45) is 4.40 Å². The summed E-state index contributed by atoms with van der Waals surface area (Å²) in [6.07, 6.45) is 0. The van der Waals surface area contributed by atoms with Crippen molar-refractivity contribution in [2.75, 3.05) is 0 Å². The fourth-order valence-corrected chi connectivity index (χ4v) is 4.56. The zero-order chi connectivity index (χ0) is 18.6. The zero-order valence-corrected chi connectivity index (χ0v) is 17.2. The molecule has 6 heteroatoms. The zero-order valence-electron chi connectivity index (χ0n) is 14.0. The van der Waals surface area contributed by atoms with Gasteiger partial charge in [0.05, 0.1) is 4.90 Å². The van der Waals surface area contributed by atoms with Gasteiger partial charge in [-0.05, 0) is 43.3 Å². The van der Waals surface area contributed by atoms with Crippen LogP contribution in [0.5, 0.6) is 0 Å². The highest BCUT2D eigenvalue weighted by atomic mass is 79.9. The Bertz CT molecular complexity index is 1010. The molecule has 0 saturated heterocycles. The number of hydrogen-bond donors (Lipinski definition) is 0. The van der Waals surface area contributed by atoms with E-state index in [1.54, 1.807) is 24.3 Å². The van der Waals surface area contributed by atoms with Gasteiger partial charge in [0.25, 0.3) is 10.0 Å². The van der Waals surface area contributed by atoms with Gasteiger partial charge in [0, 0.05) is 14.9 Å². The average molecular weight is 446 g/mol. The molecule has 3 aromatic rings. The van der Waals surface area contributed by atoms with Crippen LogP contribution in [0.2, 0.25) is 0 Å². The molecule has 0 bridgehead atoms. The maximum absolute atomic E-state index is 12.8. The van der Waals surface area contributed by atoms with Crippen LogP contribution in [0.3, 0.4) is 0 Å². The average Bonchev–Trinajstić information content (AvgIpc) is 2.64. The van der Waals surface area contributed by atoms with Gasteiger partial charge in [0.1, 0.15) is 5.04 Å². The number of benzene rings is 3. The van der Waals surface area contributed by atoms with E-state index in [2.05, 4.69) is 20.3 Å². The molecule has 0 fully saturated rings. The van der Waals surface area contributed by atoms with Crippen molar-refractivity contribution < 1.29 is 8.42 Å². The molecule has 0 aliphatic heterocycles. The minimum Gasteiger partial charge on any atom is -0.199 e. The van der Waals surface area contributed by atoms with Crippen LogP contribution in [-0.4, -0.2) is 13.5 Å². The van der Waals surface area contributed by atoms with Crippen molar-refractivity contribution in [1.82, 2.24) is 0 Å². The van der Waals surface area contributed by atoms with E-state index < -0.39 is 10.0 Å². The molecule has 0 aromatic heterocycles. The molecule has 0 N–H and O–H groups in total. The first kappa shape index (κ1) is 18.9. The predicted molar refractivity (Wildman–Crippen MR) is 111 cm³/mol. The third kappa shape index (κ3) is 4.84. The largest absolute Gasteiger partial charge is 0.283 e. The predicted octanol–water partition coefficient (Wildman–Crippen LogP) is 5.69. The van der Waals surface area contributed by atoms with Gasteiger partial charge in [0.2, 0.25) is 0 Å². The Morgan fingerprint density at radius 3 is 2.12 bits per heavy atom. The SMILES string of the molecule is Cc1ccc(S/C(=N\S(=O)(=O)c2ccc(Br)cc2)c2ccccc2)cc1. The van der Waals surface area contributed by atoms with Crippen molar-refractivity contribution >= 4 is 42.8 Å². The van der Waals surface area contributed by atoms with Crippen LogP contribution in [0.4, 0.5) is 0 Å². The molecule has 0 radical (unpaired) electrons. The minimum atomic E-state index is -3.81. The standard InChI is InChI=1S/C20H16BrNO2S2/c1-15-7-11-18(12-8-15)25-20(16-5-3-2-4-6-16)22-26(23,24)19-13-9-17(21)10-14-19/h2-14H,1H3/b22-20-. The highest BCUT2D eigenvalue weighted by Crippen LogP contribution is 2.26. The van der Waals surface area contributed by atoms with E-state index in [-0.39, 0.29) is 4.90 Å². The smallest absolute Gasteiger partial charge is 0.199 e. The van der Waals surface area contributed by atoms with Crippen molar-refractivity contribution in [3.8, 4) is 0 Å². The number of aryl methyl sites for hydroxylation is 1. The highest BCUT2D eigenvalue weighted by molar-refractivity contribution is 9.10. The van der Waals surface area contributed by atoms with E-state index in [1.807, 2.05) is 61.5 Å². The Kier molecular flexibility index (Phi) is 5.96. The van der Waals surface area contributed by atoms with E-state index in [4.69, 9.17) is 0 Å². The van der Waals surface area contributed by atoms with Gasteiger partial charge in [-0.1, -0.05) is 75.7 Å². The highest BCUT2D eigenvalue weighted by Gasteiger charge is 2.16. The van der Waals surface area contributed by atoms with Crippen LogP contribution in [0, 0.1) is 6.92 Å². The first-order chi connectivity index (χ1) is 12.4. The molecule has 0 atom stereocenters. The lowest BCUT2D eigenvalue weighted by molar-refractivity contribution is 0.598. The molecule has 132 valence electrons. The summed E-state index contributed by atoms with van der Waals surface area (Å²) in [5.41, 5.74) is 1.91. The van der Waals surface area contributed by atoms with Gasteiger partial charge in [0.15, 0.2) is 0 Å². The van der Waals surface area contributed by atoms with Crippen molar-refractivity contribution in [3.63, 3.8) is 0 Å². The fraction of sp³-hybridized carbons (Fsp3) is 0.0500. The Balaban J connectivity index is 2.03. The van der Waals surface area contributed by atoms with Crippen molar-refractivity contribution in [3.05, 3.63) is 94.5 Å². The van der Waals surface area contributed by atoms with E-state index in [0.717, 1.165) is 20.5 Å². The van der Waals surface area contributed by atoms with Crippen LogP contribution in [0.15, 0.2) is 97.5 Å². The molecule has 26 heavy (non-hydrogen) atoms. The van der Waals surface area contributed by atoms with Crippen LogP contribution < -0.4 is 0 Å². The topological polar surface area (TPSA) is 46.5 Å². The van der Waals surface area contributed by atoms with Crippen LogP contribution in [-0.2, 0) is 10.0 Å². The number of thioether (sulfide) groups is 1. The first-order valence-electron chi connectivity index (χ1n) is 7.84. The summed E-state index contributed by atoms with van der Waals surface area (Å²) in [5.74, 6) is 0. The lowest BCUT2D eigenvalue weighted by Crippen LogP contribution is -2.03. The number of sulfonamides is 1. The number of nitrogens with zero attached hydrogens (tertiary/aromatic N) is 1. The molecule has 3 nitrogen and oxygen atoms in total. The molecule has 3 aromatic carbocycles. The second-order valence-corrected chi connectivity index (χ2v) is 9.19. The third-order valence-electron chi connectivity index (χ3n) is 3.57. The quantitative estimate of drug-likeness (QED) is 0.294. The molecular weight excluding hydrogens is 430 g/mol. The fourth-order valence-electron chi connectivity index (χ4n) is 2.20. The molecule has 0 heterocycles. The second kappa shape index (κ2) is 8.20. The van der Waals surface area contributed by atoms with Gasteiger partial charge >= 0.3 is 0 Å². The first-order valence-corrected chi connectivity index (χ1v) is 10.9. The summed E-state index contributed by atoms with van der Waals surface area (Å²) < 4.78 is 30.5. The van der Waals surface area contributed by atoms with Crippen LogP contribution in [0.25, 0.3) is 0 Å². The summed E-state index contributed by atoms with van der Waals surface area (Å²) >= 11 is 4.65. The molecular formula is C20H16BrNO2S2. The van der Waals surface area contributed by atoms with E-state index in [0.29, 0.717) is 5.04 Å². The van der Waals surface area contributed by atoms with Crippen molar-refractivity contribution in [1.29, 1.82) is 0 Å². The molecule has 0 aliphatic rings. The number of halogens is 1. The van der Waals surface area contributed by atoms with Gasteiger partial charge in [-0.3, -0.25) is 0 Å². The molecule has 3 rings (SSSR count). The minimum absolute atomic E-state index is 0.165. The lowest BCUT2D eigenvalue weighted by Gasteiger charge is -2.08. The number of hydrogen-bond acceptors (Lipinski definition) is 3. The summed E-state index contributed by atoms with van der Waals surface area (Å²) in [6, 6.07) is 23.7. The Morgan fingerprint density at radius 2 is 1.50 bits per heavy atom. The van der Waals surface area contributed by atoms with Gasteiger partial charge in [-0.15, -0.1) is 0 Å². The summed E-state index contributed by atoms with van der Waals surface area (Å²) in [6.45, 7) is 2.01. The van der Waals surface area contributed by atoms with Crippen LogP contribution >= 0.6 is 27.7 Å². The van der Waals surface area contributed by atoms with E-state index in [1.165, 1.54) is 11.8 Å². The maximum Gasteiger partial charge on any atom is 0.283 e. The maximum atomic E-state index is 12.8. The van der Waals surface area contributed by atoms with Crippen LogP contribution in [0.1, 0.15) is 11.1 Å². The third-order valence-corrected chi connectivity index (χ3v) is 6.53. The second-order valence-electron chi connectivity index (χ2n) is 5.61. The Labute approximate surface area is 166 Å². The molecule has 0 saturated carbocycles. The molecule has 0 spiro atoms. The summed E-state index contributed by atoms with van der Waals surface area (Å²) in [7, 11) is -3.81. The molecule has 0 unspecified atom stereocenters. The summed E-state index contributed by atoms with van der Waals surface area (Å²) in [5, 5.41) is 0.442. The normalized spacial score (nSPS) is 12.2. The van der Waals surface area contributed by atoms with Crippen molar-refractivity contribution in [2.45, 2.75) is 16.7 Å². The van der Waals surface area contributed by atoms with Gasteiger partial charge < -0.3 is 0 Å². The van der Waals surface area contributed by atoms with Gasteiger partial charge in [-0.25, -0.2) is 0 Å². The van der Waals surface area contributed by atoms with E-state index >= 15 is 0 Å². The summed E-state index contributed by atoms with van der Waals surface area (Å²) in [4.78, 5) is 1.10. The Morgan fingerprint density at radius 1 is 0.885 bits per heavy atom. The molecule has 0 aliphatic carbocycles. The lowest BCUT2D eigenvalue weighted by atomic mass is 10.2.